The number of benzene rings is 2. The minimum Gasteiger partial charge on any atom is -0.497 e. The van der Waals surface area contributed by atoms with Crippen molar-refractivity contribution in [1.82, 2.24) is 20.2 Å². The van der Waals surface area contributed by atoms with Crippen molar-refractivity contribution >= 4 is 16.9 Å². The van der Waals surface area contributed by atoms with Crippen LogP contribution in [0.2, 0.25) is 0 Å². The van der Waals surface area contributed by atoms with E-state index in [1.165, 1.54) is 0 Å². The molecule has 2 aliphatic heterocycles. The van der Waals surface area contributed by atoms with E-state index in [0.717, 1.165) is 42.0 Å². The Kier molecular flexibility index (Phi) is 5.15. The standard InChI is InChI=1S/C23H26N4O4/c1-27-8-7-15(24-23(28)14-3-6-20-21(11-14)31-10-9-30-20)12-19(27)22-25-17-5-4-16(29-2)13-18(17)26-22/h3-6,11,13,15,19H,7-10,12H2,1-2H3,(H,24,28)(H,25,26). The average molecular weight is 422 g/mol. The Morgan fingerprint density at radius 2 is 2.03 bits per heavy atom. The Bertz CT molecular complexity index is 1110. The van der Waals surface area contributed by atoms with Crippen molar-refractivity contribution in [1.29, 1.82) is 0 Å². The van der Waals surface area contributed by atoms with Gasteiger partial charge in [0, 0.05) is 24.2 Å². The lowest BCUT2D eigenvalue weighted by Gasteiger charge is -2.36. The molecule has 0 bridgehead atoms. The molecule has 8 heteroatoms. The third-order valence-corrected chi connectivity index (χ3v) is 6.03. The molecule has 2 aromatic carbocycles. The first kappa shape index (κ1) is 19.7. The van der Waals surface area contributed by atoms with Gasteiger partial charge in [-0.15, -0.1) is 0 Å². The molecule has 2 unspecified atom stereocenters. The van der Waals surface area contributed by atoms with Crippen molar-refractivity contribution < 1.29 is 19.0 Å². The summed E-state index contributed by atoms with van der Waals surface area (Å²) < 4.78 is 16.5. The fraction of sp³-hybridized carbons (Fsp3) is 0.391. The highest BCUT2D eigenvalue weighted by Crippen LogP contribution is 2.32. The van der Waals surface area contributed by atoms with Gasteiger partial charge in [0.25, 0.3) is 5.91 Å². The van der Waals surface area contributed by atoms with Crippen molar-refractivity contribution in [3.8, 4) is 17.2 Å². The van der Waals surface area contributed by atoms with Gasteiger partial charge >= 0.3 is 0 Å². The molecule has 1 saturated heterocycles. The number of imidazole rings is 1. The monoisotopic (exact) mass is 422 g/mol. The summed E-state index contributed by atoms with van der Waals surface area (Å²) in [4.78, 5) is 23.4. The van der Waals surface area contributed by atoms with Crippen LogP contribution < -0.4 is 19.5 Å². The number of carbonyl (C=O) groups excluding carboxylic acids is 1. The van der Waals surface area contributed by atoms with Crippen LogP contribution in [0.15, 0.2) is 36.4 Å². The highest BCUT2D eigenvalue weighted by Gasteiger charge is 2.30. The third kappa shape index (κ3) is 3.90. The number of aromatic amines is 1. The second-order valence-electron chi connectivity index (χ2n) is 8.05. The number of methoxy groups -OCH3 is 1. The molecule has 1 aromatic heterocycles. The maximum Gasteiger partial charge on any atom is 0.251 e. The number of ether oxygens (including phenoxy) is 3. The van der Waals surface area contributed by atoms with E-state index in [0.29, 0.717) is 30.3 Å². The Labute approximate surface area is 180 Å². The van der Waals surface area contributed by atoms with Gasteiger partial charge in [-0.3, -0.25) is 9.69 Å². The molecule has 0 saturated carbocycles. The van der Waals surface area contributed by atoms with Crippen LogP contribution in [-0.2, 0) is 0 Å². The molecule has 162 valence electrons. The van der Waals surface area contributed by atoms with Crippen LogP contribution in [0, 0.1) is 0 Å². The number of H-pyrrole nitrogens is 1. The number of likely N-dealkylation sites (tertiary alicyclic amines) is 1. The van der Waals surface area contributed by atoms with Gasteiger partial charge < -0.3 is 24.5 Å². The van der Waals surface area contributed by atoms with E-state index in [-0.39, 0.29) is 18.0 Å². The number of nitrogens with zero attached hydrogens (tertiary/aromatic N) is 2. The quantitative estimate of drug-likeness (QED) is 0.672. The molecular weight excluding hydrogens is 396 g/mol. The molecular formula is C23H26N4O4. The van der Waals surface area contributed by atoms with E-state index in [9.17, 15) is 4.79 Å². The van der Waals surface area contributed by atoms with Crippen molar-refractivity contribution in [2.45, 2.75) is 24.9 Å². The molecule has 2 aliphatic rings. The Balaban J connectivity index is 1.31. The molecule has 5 rings (SSSR count). The first-order valence-electron chi connectivity index (χ1n) is 10.5. The minimum atomic E-state index is -0.0976. The second-order valence-corrected chi connectivity index (χ2v) is 8.05. The molecule has 2 N–H and O–H groups in total. The fourth-order valence-corrected chi connectivity index (χ4v) is 4.28. The number of fused-ring (bicyclic) bond motifs is 2. The van der Waals surface area contributed by atoms with Crippen LogP contribution in [0.4, 0.5) is 0 Å². The first-order chi connectivity index (χ1) is 15.1. The largest absolute Gasteiger partial charge is 0.497 e. The van der Waals surface area contributed by atoms with Gasteiger partial charge in [0.1, 0.15) is 24.8 Å². The molecule has 0 radical (unpaired) electrons. The summed E-state index contributed by atoms with van der Waals surface area (Å²) in [5.74, 6) is 2.91. The number of carbonyl (C=O) groups is 1. The number of rotatable bonds is 4. The zero-order valence-electron chi connectivity index (χ0n) is 17.7. The Hall–Kier alpha value is -3.26. The second kappa shape index (κ2) is 8.11. The van der Waals surface area contributed by atoms with Gasteiger partial charge in [0.2, 0.25) is 0 Å². The smallest absolute Gasteiger partial charge is 0.251 e. The summed E-state index contributed by atoms with van der Waals surface area (Å²) in [5, 5.41) is 3.19. The Morgan fingerprint density at radius 3 is 2.87 bits per heavy atom. The lowest BCUT2D eigenvalue weighted by atomic mass is 9.96. The molecule has 3 heterocycles. The fourth-order valence-electron chi connectivity index (χ4n) is 4.28. The molecule has 8 nitrogen and oxygen atoms in total. The maximum absolute atomic E-state index is 12.9. The first-order valence-corrected chi connectivity index (χ1v) is 10.5. The molecule has 2 atom stereocenters. The molecule has 1 amide bonds. The topological polar surface area (TPSA) is 88.7 Å². The highest BCUT2D eigenvalue weighted by molar-refractivity contribution is 5.95. The Morgan fingerprint density at radius 1 is 1.19 bits per heavy atom. The number of nitrogens with one attached hydrogen (secondary N) is 2. The lowest BCUT2D eigenvalue weighted by Crippen LogP contribution is -2.45. The van der Waals surface area contributed by atoms with E-state index < -0.39 is 0 Å². The lowest BCUT2D eigenvalue weighted by molar-refractivity contribution is 0.0883. The molecule has 31 heavy (non-hydrogen) atoms. The van der Waals surface area contributed by atoms with E-state index in [2.05, 4.69) is 22.2 Å². The predicted molar refractivity (Wildman–Crippen MR) is 116 cm³/mol. The number of hydrogen-bond donors (Lipinski definition) is 2. The van der Waals surface area contributed by atoms with Gasteiger partial charge in [-0.05, 0) is 50.2 Å². The zero-order valence-corrected chi connectivity index (χ0v) is 17.7. The van der Waals surface area contributed by atoms with Gasteiger partial charge in [-0.2, -0.15) is 0 Å². The van der Waals surface area contributed by atoms with Crippen LogP contribution in [0.5, 0.6) is 17.2 Å². The molecule has 0 aliphatic carbocycles. The number of piperidine rings is 1. The van der Waals surface area contributed by atoms with Crippen molar-refractivity contribution in [2.75, 3.05) is 33.9 Å². The van der Waals surface area contributed by atoms with Crippen LogP contribution in [0.25, 0.3) is 11.0 Å². The molecule has 3 aromatic rings. The van der Waals surface area contributed by atoms with Crippen LogP contribution in [0.1, 0.15) is 35.1 Å². The van der Waals surface area contributed by atoms with Gasteiger partial charge in [0.15, 0.2) is 11.5 Å². The minimum absolute atomic E-state index is 0.0599. The van der Waals surface area contributed by atoms with Gasteiger partial charge in [0.05, 0.1) is 24.2 Å². The van der Waals surface area contributed by atoms with Gasteiger partial charge in [-0.1, -0.05) is 0 Å². The number of hydrogen-bond acceptors (Lipinski definition) is 6. The van der Waals surface area contributed by atoms with E-state index >= 15 is 0 Å². The summed E-state index contributed by atoms with van der Waals surface area (Å²) in [6.07, 6.45) is 1.67. The third-order valence-electron chi connectivity index (χ3n) is 6.03. The van der Waals surface area contributed by atoms with E-state index in [1.54, 1.807) is 25.3 Å². The molecule has 0 spiro atoms. The SMILES string of the molecule is COc1ccc2nc(C3CC(NC(=O)c4ccc5c(c4)OCCO5)CCN3C)[nH]c2c1. The summed E-state index contributed by atoms with van der Waals surface area (Å²) in [5.41, 5.74) is 2.44. The average Bonchev–Trinajstić information content (AvgIpc) is 3.23. The number of aromatic nitrogens is 2. The molecule has 1 fully saturated rings. The normalized spacial score (nSPS) is 21.1. The van der Waals surface area contributed by atoms with Crippen LogP contribution in [0.3, 0.4) is 0 Å². The van der Waals surface area contributed by atoms with E-state index in [4.69, 9.17) is 19.2 Å². The van der Waals surface area contributed by atoms with Crippen molar-refractivity contribution in [3.05, 3.63) is 47.8 Å². The summed E-state index contributed by atoms with van der Waals surface area (Å²) in [6, 6.07) is 11.3. The zero-order chi connectivity index (χ0) is 21.4. The van der Waals surface area contributed by atoms with E-state index in [1.807, 2.05) is 18.2 Å². The van der Waals surface area contributed by atoms with Gasteiger partial charge in [-0.25, -0.2) is 4.98 Å². The summed E-state index contributed by atoms with van der Waals surface area (Å²) >= 11 is 0. The van der Waals surface area contributed by atoms with Crippen LogP contribution >= 0.6 is 0 Å². The van der Waals surface area contributed by atoms with Crippen LogP contribution in [-0.4, -0.2) is 60.7 Å². The maximum atomic E-state index is 12.9. The van der Waals surface area contributed by atoms with Crippen molar-refractivity contribution in [2.24, 2.45) is 0 Å². The highest BCUT2D eigenvalue weighted by atomic mass is 16.6. The summed E-state index contributed by atoms with van der Waals surface area (Å²) in [7, 11) is 3.75. The predicted octanol–water partition coefficient (Wildman–Crippen LogP) is 2.91. The summed E-state index contributed by atoms with van der Waals surface area (Å²) in [6.45, 7) is 1.90. The number of amides is 1. The van der Waals surface area contributed by atoms with Crippen molar-refractivity contribution in [3.63, 3.8) is 0 Å².